The van der Waals surface area contributed by atoms with E-state index in [1.54, 1.807) is 19.1 Å². The van der Waals surface area contributed by atoms with E-state index in [1.807, 2.05) is 42.5 Å². The van der Waals surface area contributed by atoms with Gasteiger partial charge in [0.15, 0.2) is 5.69 Å². The van der Waals surface area contributed by atoms with E-state index in [0.29, 0.717) is 28.9 Å². The van der Waals surface area contributed by atoms with E-state index in [9.17, 15) is 4.79 Å². The second-order valence-corrected chi connectivity index (χ2v) is 5.54. The molecule has 0 aliphatic carbocycles. The Morgan fingerprint density at radius 1 is 1.13 bits per heavy atom. The standard InChI is InChI=1S/C18H15ClN2O2/c1-12-16(21-18(23-12)14-5-3-2-4-6-14)17(22)20-11-13-7-9-15(19)10-8-13/h2-10H,11H2,1H3,(H,20,22). The second kappa shape index (κ2) is 6.67. The van der Waals surface area contributed by atoms with Crippen LogP contribution < -0.4 is 5.32 Å². The number of hydrogen-bond acceptors (Lipinski definition) is 3. The molecule has 1 heterocycles. The third-order valence-electron chi connectivity index (χ3n) is 3.40. The Morgan fingerprint density at radius 2 is 1.83 bits per heavy atom. The molecule has 0 unspecified atom stereocenters. The van der Waals surface area contributed by atoms with E-state index in [-0.39, 0.29) is 5.91 Å². The summed E-state index contributed by atoms with van der Waals surface area (Å²) in [5, 5.41) is 3.50. The molecule has 4 nitrogen and oxygen atoms in total. The van der Waals surface area contributed by atoms with Crippen LogP contribution >= 0.6 is 11.6 Å². The molecule has 0 radical (unpaired) electrons. The van der Waals surface area contributed by atoms with Crippen molar-refractivity contribution in [3.63, 3.8) is 0 Å². The number of aryl methyl sites for hydroxylation is 1. The van der Waals surface area contributed by atoms with Crippen molar-refractivity contribution in [2.45, 2.75) is 13.5 Å². The van der Waals surface area contributed by atoms with Crippen LogP contribution in [0.2, 0.25) is 5.02 Å². The number of benzene rings is 2. The molecule has 1 aromatic heterocycles. The fraction of sp³-hybridized carbons (Fsp3) is 0.111. The Bertz CT molecular complexity index is 811. The molecule has 3 aromatic rings. The molecule has 0 fully saturated rings. The molecule has 1 amide bonds. The molecule has 3 rings (SSSR count). The lowest BCUT2D eigenvalue weighted by molar-refractivity contribution is 0.0945. The van der Waals surface area contributed by atoms with Crippen LogP contribution in [0.15, 0.2) is 59.0 Å². The van der Waals surface area contributed by atoms with E-state index >= 15 is 0 Å². The van der Waals surface area contributed by atoms with Gasteiger partial charge in [-0.2, -0.15) is 0 Å². The summed E-state index contributed by atoms with van der Waals surface area (Å²) in [7, 11) is 0. The van der Waals surface area contributed by atoms with Crippen LogP contribution in [0.5, 0.6) is 0 Å². The summed E-state index contributed by atoms with van der Waals surface area (Å²) in [6.45, 7) is 2.14. The van der Waals surface area contributed by atoms with E-state index in [1.165, 1.54) is 0 Å². The summed E-state index contributed by atoms with van der Waals surface area (Å²) in [6, 6.07) is 16.8. The van der Waals surface area contributed by atoms with Crippen LogP contribution in [0.4, 0.5) is 0 Å². The summed E-state index contributed by atoms with van der Waals surface area (Å²) < 4.78 is 5.60. The average Bonchev–Trinajstić information content (AvgIpc) is 2.97. The summed E-state index contributed by atoms with van der Waals surface area (Å²) in [6.07, 6.45) is 0. The molecule has 23 heavy (non-hydrogen) atoms. The van der Waals surface area contributed by atoms with Crippen LogP contribution in [0.1, 0.15) is 21.8 Å². The third kappa shape index (κ3) is 3.60. The lowest BCUT2D eigenvalue weighted by atomic mass is 10.2. The first-order chi connectivity index (χ1) is 11.1. The molecule has 0 bridgehead atoms. The van der Waals surface area contributed by atoms with Gasteiger partial charge in [0.1, 0.15) is 5.76 Å². The zero-order valence-corrected chi connectivity index (χ0v) is 13.3. The molecule has 0 atom stereocenters. The van der Waals surface area contributed by atoms with E-state index in [2.05, 4.69) is 10.3 Å². The van der Waals surface area contributed by atoms with Crippen molar-refractivity contribution in [3.8, 4) is 11.5 Å². The largest absolute Gasteiger partial charge is 0.441 e. The van der Waals surface area contributed by atoms with Gasteiger partial charge in [-0.05, 0) is 36.8 Å². The number of aromatic nitrogens is 1. The predicted molar refractivity (Wildman–Crippen MR) is 89.3 cm³/mol. The summed E-state index contributed by atoms with van der Waals surface area (Å²) in [5.41, 5.74) is 2.11. The summed E-state index contributed by atoms with van der Waals surface area (Å²) in [4.78, 5) is 16.6. The van der Waals surface area contributed by atoms with Crippen molar-refractivity contribution in [1.82, 2.24) is 10.3 Å². The number of carbonyl (C=O) groups excluding carboxylic acids is 1. The SMILES string of the molecule is Cc1oc(-c2ccccc2)nc1C(=O)NCc1ccc(Cl)cc1. The maximum absolute atomic E-state index is 12.3. The second-order valence-electron chi connectivity index (χ2n) is 5.10. The minimum absolute atomic E-state index is 0.261. The number of nitrogens with zero attached hydrogens (tertiary/aromatic N) is 1. The smallest absolute Gasteiger partial charge is 0.273 e. The van der Waals surface area contributed by atoms with Crippen molar-refractivity contribution in [2.24, 2.45) is 0 Å². The van der Waals surface area contributed by atoms with Crippen molar-refractivity contribution in [1.29, 1.82) is 0 Å². The van der Waals surface area contributed by atoms with Crippen LogP contribution in [-0.2, 0) is 6.54 Å². The maximum Gasteiger partial charge on any atom is 0.273 e. The quantitative estimate of drug-likeness (QED) is 0.780. The third-order valence-corrected chi connectivity index (χ3v) is 3.65. The highest BCUT2D eigenvalue weighted by Gasteiger charge is 2.17. The zero-order chi connectivity index (χ0) is 16.2. The molecule has 0 saturated carbocycles. The van der Waals surface area contributed by atoms with Crippen molar-refractivity contribution in [3.05, 3.63) is 76.6 Å². The Hall–Kier alpha value is -2.59. The Balaban J connectivity index is 1.72. The number of amides is 1. The van der Waals surface area contributed by atoms with Crippen LogP contribution in [0, 0.1) is 6.92 Å². The molecule has 0 aliphatic heterocycles. The number of rotatable bonds is 4. The molecule has 0 saturated heterocycles. The molecule has 116 valence electrons. The Labute approximate surface area is 139 Å². The van der Waals surface area contributed by atoms with E-state index in [0.717, 1.165) is 11.1 Å². The van der Waals surface area contributed by atoms with Gasteiger partial charge in [0.05, 0.1) is 0 Å². The molecule has 0 spiro atoms. The van der Waals surface area contributed by atoms with Gasteiger partial charge in [0, 0.05) is 17.1 Å². The van der Waals surface area contributed by atoms with E-state index < -0.39 is 0 Å². The normalized spacial score (nSPS) is 10.5. The highest BCUT2D eigenvalue weighted by atomic mass is 35.5. The van der Waals surface area contributed by atoms with Crippen molar-refractivity contribution < 1.29 is 9.21 Å². The van der Waals surface area contributed by atoms with Gasteiger partial charge in [-0.25, -0.2) is 4.98 Å². The average molecular weight is 327 g/mol. The molecular weight excluding hydrogens is 312 g/mol. The predicted octanol–water partition coefficient (Wildman–Crippen LogP) is 4.23. The fourth-order valence-electron chi connectivity index (χ4n) is 2.18. The van der Waals surface area contributed by atoms with E-state index in [4.69, 9.17) is 16.0 Å². The summed E-state index contributed by atoms with van der Waals surface area (Å²) >= 11 is 5.84. The van der Waals surface area contributed by atoms with Crippen molar-refractivity contribution in [2.75, 3.05) is 0 Å². The number of hydrogen-bond donors (Lipinski definition) is 1. The first-order valence-corrected chi connectivity index (χ1v) is 7.57. The molecule has 2 aromatic carbocycles. The lowest BCUT2D eigenvalue weighted by Gasteiger charge is -2.03. The molecule has 5 heteroatoms. The minimum Gasteiger partial charge on any atom is -0.441 e. The minimum atomic E-state index is -0.261. The number of nitrogens with one attached hydrogen (secondary N) is 1. The Morgan fingerprint density at radius 3 is 2.52 bits per heavy atom. The van der Waals surface area contributed by atoms with Gasteiger partial charge in [0.2, 0.25) is 5.89 Å². The molecule has 0 aliphatic rings. The highest BCUT2D eigenvalue weighted by Crippen LogP contribution is 2.21. The van der Waals surface area contributed by atoms with Crippen LogP contribution in [0.3, 0.4) is 0 Å². The topological polar surface area (TPSA) is 55.1 Å². The lowest BCUT2D eigenvalue weighted by Crippen LogP contribution is -2.23. The fourth-order valence-corrected chi connectivity index (χ4v) is 2.31. The summed E-state index contributed by atoms with van der Waals surface area (Å²) in [5.74, 6) is 0.681. The number of oxazole rings is 1. The maximum atomic E-state index is 12.3. The number of carbonyl (C=O) groups is 1. The highest BCUT2D eigenvalue weighted by molar-refractivity contribution is 6.30. The van der Waals surface area contributed by atoms with Crippen LogP contribution in [-0.4, -0.2) is 10.9 Å². The van der Waals surface area contributed by atoms with Gasteiger partial charge in [0.25, 0.3) is 5.91 Å². The first-order valence-electron chi connectivity index (χ1n) is 7.19. The van der Waals surface area contributed by atoms with Crippen LogP contribution in [0.25, 0.3) is 11.5 Å². The number of halogens is 1. The van der Waals surface area contributed by atoms with Crippen molar-refractivity contribution >= 4 is 17.5 Å². The van der Waals surface area contributed by atoms with Gasteiger partial charge in [-0.1, -0.05) is 41.9 Å². The molecular formula is C18H15ClN2O2. The van der Waals surface area contributed by atoms with Gasteiger partial charge in [-0.3, -0.25) is 4.79 Å². The van der Waals surface area contributed by atoms with Gasteiger partial charge in [-0.15, -0.1) is 0 Å². The monoisotopic (exact) mass is 326 g/mol. The first kappa shape index (κ1) is 15.3. The Kier molecular flexibility index (Phi) is 4.44. The van der Waals surface area contributed by atoms with Gasteiger partial charge < -0.3 is 9.73 Å². The zero-order valence-electron chi connectivity index (χ0n) is 12.5. The van der Waals surface area contributed by atoms with Gasteiger partial charge >= 0.3 is 0 Å². The molecule has 1 N–H and O–H groups in total.